The molecule has 0 aliphatic carbocycles. The largest absolute Gasteiger partial charge is 0.495 e. The standard InChI is InChI=1S/C13H11ClO2S/c1-8-3-6-12(17-8)13(15)9-4-5-10(14)11(7-9)16-2/h3-7H,1-2H3. The third-order valence-corrected chi connectivity index (χ3v) is 3.69. The summed E-state index contributed by atoms with van der Waals surface area (Å²) < 4.78 is 5.10. The lowest BCUT2D eigenvalue weighted by Crippen LogP contribution is -1.99. The van der Waals surface area contributed by atoms with Crippen molar-refractivity contribution in [2.75, 3.05) is 7.11 Å². The molecule has 0 bridgehead atoms. The molecule has 1 aromatic carbocycles. The van der Waals surface area contributed by atoms with Gasteiger partial charge in [-0.15, -0.1) is 11.3 Å². The summed E-state index contributed by atoms with van der Waals surface area (Å²) in [7, 11) is 1.53. The van der Waals surface area contributed by atoms with Gasteiger partial charge in [-0.2, -0.15) is 0 Å². The van der Waals surface area contributed by atoms with Gasteiger partial charge in [0.05, 0.1) is 17.0 Å². The van der Waals surface area contributed by atoms with Crippen LogP contribution < -0.4 is 4.74 Å². The zero-order valence-corrected chi connectivity index (χ0v) is 11.1. The van der Waals surface area contributed by atoms with E-state index in [9.17, 15) is 4.79 Å². The van der Waals surface area contributed by atoms with Gasteiger partial charge in [0.25, 0.3) is 0 Å². The molecule has 0 saturated carbocycles. The maximum atomic E-state index is 12.2. The SMILES string of the molecule is COc1cc(C(=O)c2ccc(C)s2)ccc1Cl. The van der Waals surface area contributed by atoms with Crippen molar-refractivity contribution in [1.82, 2.24) is 0 Å². The highest BCUT2D eigenvalue weighted by molar-refractivity contribution is 7.14. The molecule has 0 atom stereocenters. The first-order valence-corrected chi connectivity index (χ1v) is 6.26. The van der Waals surface area contributed by atoms with Gasteiger partial charge >= 0.3 is 0 Å². The van der Waals surface area contributed by atoms with Gasteiger partial charge in [-0.3, -0.25) is 4.79 Å². The molecule has 1 heterocycles. The highest BCUT2D eigenvalue weighted by atomic mass is 35.5. The van der Waals surface area contributed by atoms with Crippen molar-refractivity contribution in [3.63, 3.8) is 0 Å². The quantitative estimate of drug-likeness (QED) is 0.787. The molecule has 1 aromatic heterocycles. The minimum absolute atomic E-state index is 0.00179. The summed E-state index contributed by atoms with van der Waals surface area (Å²) in [6.07, 6.45) is 0. The second-order valence-corrected chi connectivity index (χ2v) is 5.28. The molecule has 0 saturated heterocycles. The van der Waals surface area contributed by atoms with E-state index in [-0.39, 0.29) is 5.78 Å². The first kappa shape index (κ1) is 12.1. The van der Waals surface area contributed by atoms with Crippen LogP contribution in [0.5, 0.6) is 5.75 Å². The Kier molecular flexibility index (Phi) is 3.50. The lowest BCUT2D eigenvalue weighted by Gasteiger charge is -2.04. The van der Waals surface area contributed by atoms with Crippen molar-refractivity contribution in [3.05, 3.63) is 50.7 Å². The molecule has 17 heavy (non-hydrogen) atoms. The van der Waals surface area contributed by atoms with Crippen molar-refractivity contribution in [2.24, 2.45) is 0 Å². The Labute approximate surface area is 109 Å². The number of thiophene rings is 1. The minimum Gasteiger partial charge on any atom is -0.495 e. The first-order chi connectivity index (χ1) is 8.11. The molecule has 0 spiro atoms. The fourth-order valence-electron chi connectivity index (χ4n) is 1.50. The number of methoxy groups -OCH3 is 1. The van der Waals surface area contributed by atoms with Crippen LogP contribution in [0.15, 0.2) is 30.3 Å². The van der Waals surface area contributed by atoms with Gasteiger partial charge in [-0.05, 0) is 37.3 Å². The van der Waals surface area contributed by atoms with Gasteiger partial charge in [0.15, 0.2) is 0 Å². The highest BCUT2D eigenvalue weighted by Gasteiger charge is 2.13. The van der Waals surface area contributed by atoms with E-state index in [4.69, 9.17) is 16.3 Å². The predicted molar refractivity (Wildman–Crippen MR) is 70.5 cm³/mol. The Morgan fingerprint density at radius 1 is 1.29 bits per heavy atom. The van der Waals surface area contributed by atoms with Crippen LogP contribution in [0.2, 0.25) is 5.02 Å². The van der Waals surface area contributed by atoms with E-state index >= 15 is 0 Å². The number of rotatable bonds is 3. The number of ether oxygens (including phenoxy) is 1. The minimum atomic E-state index is -0.00179. The maximum absolute atomic E-state index is 12.2. The van der Waals surface area contributed by atoms with E-state index in [0.717, 1.165) is 9.75 Å². The highest BCUT2D eigenvalue weighted by Crippen LogP contribution is 2.27. The van der Waals surface area contributed by atoms with Crippen LogP contribution in [0.3, 0.4) is 0 Å². The third-order valence-electron chi connectivity index (χ3n) is 2.38. The molecule has 4 heteroatoms. The Bertz CT molecular complexity index is 560. The number of benzene rings is 1. The van der Waals surface area contributed by atoms with Crippen LogP contribution >= 0.6 is 22.9 Å². The summed E-state index contributed by atoms with van der Waals surface area (Å²) in [5.74, 6) is 0.517. The molecular formula is C13H11ClO2S. The van der Waals surface area contributed by atoms with Crippen LogP contribution in [0.1, 0.15) is 20.1 Å². The molecule has 2 nitrogen and oxygen atoms in total. The molecule has 0 amide bonds. The van der Waals surface area contributed by atoms with Gasteiger partial charge in [0.1, 0.15) is 5.75 Å². The van der Waals surface area contributed by atoms with Gasteiger partial charge in [-0.1, -0.05) is 11.6 Å². The summed E-state index contributed by atoms with van der Waals surface area (Å²) in [4.78, 5) is 14.0. The van der Waals surface area contributed by atoms with E-state index in [2.05, 4.69) is 0 Å². The van der Waals surface area contributed by atoms with Gasteiger partial charge in [-0.25, -0.2) is 0 Å². The Hall–Kier alpha value is -1.32. The topological polar surface area (TPSA) is 26.3 Å². The van der Waals surface area contributed by atoms with Crippen LogP contribution in [0.25, 0.3) is 0 Å². The number of halogens is 1. The number of hydrogen-bond acceptors (Lipinski definition) is 3. The molecule has 2 rings (SSSR count). The third kappa shape index (κ3) is 2.51. The van der Waals surface area contributed by atoms with Gasteiger partial charge in [0, 0.05) is 10.4 Å². The fourth-order valence-corrected chi connectivity index (χ4v) is 2.52. The second kappa shape index (κ2) is 4.90. The number of ketones is 1. The van der Waals surface area contributed by atoms with Crippen molar-refractivity contribution < 1.29 is 9.53 Å². The summed E-state index contributed by atoms with van der Waals surface area (Å²) in [5.41, 5.74) is 0.591. The van der Waals surface area contributed by atoms with E-state index in [0.29, 0.717) is 16.3 Å². The number of carbonyl (C=O) groups is 1. The van der Waals surface area contributed by atoms with E-state index in [1.54, 1.807) is 18.2 Å². The molecule has 0 aliphatic rings. The Morgan fingerprint density at radius 2 is 2.06 bits per heavy atom. The summed E-state index contributed by atoms with van der Waals surface area (Å²) in [6, 6.07) is 8.82. The first-order valence-electron chi connectivity index (χ1n) is 5.06. The summed E-state index contributed by atoms with van der Waals surface area (Å²) >= 11 is 7.40. The Balaban J connectivity index is 2.37. The lowest BCUT2D eigenvalue weighted by molar-refractivity contribution is 0.104. The van der Waals surface area contributed by atoms with E-state index in [1.165, 1.54) is 18.4 Å². The molecule has 0 N–H and O–H groups in total. The Morgan fingerprint density at radius 3 is 2.65 bits per heavy atom. The van der Waals surface area contributed by atoms with Crippen LogP contribution in [0, 0.1) is 6.92 Å². The molecule has 0 fully saturated rings. The average molecular weight is 267 g/mol. The zero-order chi connectivity index (χ0) is 12.4. The van der Waals surface area contributed by atoms with Crippen LogP contribution in [0.4, 0.5) is 0 Å². The van der Waals surface area contributed by atoms with E-state index in [1.807, 2.05) is 19.1 Å². The predicted octanol–water partition coefficient (Wildman–Crippen LogP) is 3.95. The second-order valence-electron chi connectivity index (χ2n) is 3.59. The van der Waals surface area contributed by atoms with Crippen LogP contribution in [-0.2, 0) is 0 Å². The maximum Gasteiger partial charge on any atom is 0.203 e. The van der Waals surface area contributed by atoms with Gasteiger partial charge in [0.2, 0.25) is 5.78 Å². The zero-order valence-electron chi connectivity index (χ0n) is 9.49. The summed E-state index contributed by atoms with van der Waals surface area (Å²) in [5, 5.41) is 0.506. The monoisotopic (exact) mass is 266 g/mol. The lowest BCUT2D eigenvalue weighted by atomic mass is 10.1. The molecular weight excluding hydrogens is 256 g/mol. The van der Waals surface area contributed by atoms with Crippen molar-refractivity contribution >= 4 is 28.7 Å². The molecule has 0 radical (unpaired) electrons. The van der Waals surface area contributed by atoms with E-state index < -0.39 is 0 Å². The molecule has 88 valence electrons. The van der Waals surface area contributed by atoms with Crippen molar-refractivity contribution in [1.29, 1.82) is 0 Å². The fraction of sp³-hybridized carbons (Fsp3) is 0.154. The summed E-state index contributed by atoms with van der Waals surface area (Å²) in [6.45, 7) is 1.98. The average Bonchev–Trinajstić information content (AvgIpc) is 2.75. The molecule has 0 aliphatic heterocycles. The molecule has 2 aromatic rings. The smallest absolute Gasteiger partial charge is 0.203 e. The number of hydrogen-bond donors (Lipinski definition) is 0. The number of carbonyl (C=O) groups excluding carboxylic acids is 1. The number of aryl methyl sites for hydroxylation is 1. The normalized spacial score (nSPS) is 10.3. The van der Waals surface area contributed by atoms with Gasteiger partial charge < -0.3 is 4.74 Å². The van der Waals surface area contributed by atoms with Crippen molar-refractivity contribution in [3.8, 4) is 5.75 Å². The van der Waals surface area contributed by atoms with Crippen LogP contribution in [-0.4, -0.2) is 12.9 Å². The molecule has 0 unspecified atom stereocenters. The van der Waals surface area contributed by atoms with Crippen molar-refractivity contribution in [2.45, 2.75) is 6.92 Å².